The molecule has 0 aromatic heterocycles. The van der Waals surface area contributed by atoms with Gasteiger partial charge >= 0.3 is 160 Å². The molecule has 0 bridgehead atoms. The Morgan fingerprint density at radius 3 is 2.03 bits per heavy atom. The van der Waals surface area contributed by atoms with Gasteiger partial charge in [0, 0.05) is 0 Å². The minimum atomic E-state index is -5.39. The molecule has 1 aromatic carbocycles. The Hall–Kier alpha value is 2.36. The van der Waals surface area contributed by atoms with Gasteiger partial charge < -0.3 is 44.2 Å². The van der Waals surface area contributed by atoms with Crippen molar-refractivity contribution in [1.29, 1.82) is 0 Å². The summed E-state index contributed by atoms with van der Waals surface area (Å²) in [5.74, 6) is -0.0516. The fourth-order valence-electron chi connectivity index (χ4n) is 2.89. The molecule has 1 aromatic rings. The maximum atomic E-state index is 12.2. The molecule has 35 heavy (non-hydrogen) atoms. The van der Waals surface area contributed by atoms with E-state index in [1.54, 1.807) is 12.1 Å². The Bertz CT molecular complexity index is 1240. The predicted octanol–water partition coefficient (Wildman–Crippen LogP) is -13.5. The summed E-state index contributed by atoms with van der Waals surface area (Å²) in [4.78, 5) is 59.6. The SMILES string of the molecule is Cc1cc2nc3c(=O)[nH]c(=O)nc-3n(C[C@@H](O)[C@@H](O)[C@@H](O)CO)c2cc1C.O=P([O-])([O-])[O-].[K+].[K+].[K+]. The molecule has 0 unspecified atom stereocenters. The number of aromatic amines is 1. The van der Waals surface area contributed by atoms with Gasteiger partial charge in [-0.25, -0.2) is 9.78 Å². The van der Waals surface area contributed by atoms with Gasteiger partial charge in [-0.2, -0.15) is 12.8 Å². The van der Waals surface area contributed by atoms with Gasteiger partial charge in [-0.1, -0.05) is 0 Å². The van der Waals surface area contributed by atoms with Gasteiger partial charge in [0.05, 0.1) is 24.2 Å². The third kappa shape index (κ3) is 11.8. The largest absolute Gasteiger partial charge is 1.00 e. The number of hydrogen-bond donors (Lipinski definition) is 5. The first-order chi connectivity index (χ1) is 14.7. The Morgan fingerprint density at radius 2 is 1.51 bits per heavy atom. The van der Waals surface area contributed by atoms with Crippen LogP contribution in [0.15, 0.2) is 21.7 Å². The number of hydrogen-bond acceptors (Lipinski definition) is 12. The van der Waals surface area contributed by atoms with E-state index < -0.39 is 44.0 Å². The van der Waals surface area contributed by atoms with E-state index in [4.69, 9.17) is 24.4 Å². The molecule has 0 spiro atoms. The minimum Gasteiger partial charge on any atom is -0.822 e. The summed E-state index contributed by atoms with van der Waals surface area (Å²) in [5.41, 5.74) is 1.11. The number of aliphatic hydroxyl groups excluding tert-OH is 4. The zero-order valence-electron chi connectivity index (χ0n) is 19.8. The topological polar surface area (TPSA) is 248 Å². The number of aryl methyl sites for hydroxylation is 2. The number of nitrogens with zero attached hydrogens (tertiary/aromatic N) is 3. The average Bonchev–Trinajstić information content (AvgIpc) is 2.67. The second-order valence-electron chi connectivity index (χ2n) is 6.95. The zero-order chi connectivity index (χ0) is 24.4. The number of nitrogens with one attached hydrogen (secondary N) is 1. The van der Waals surface area contributed by atoms with Gasteiger partial charge in [-0.05, 0) is 37.1 Å². The van der Waals surface area contributed by atoms with Crippen LogP contribution in [0.3, 0.4) is 0 Å². The van der Waals surface area contributed by atoms with Crippen molar-refractivity contribution in [3.63, 3.8) is 0 Å². The van der Waals surface area contributed by atoms with Crippen LogP contribution in [0.1, 0.15) is 11.1 Å². The molecule has 0 radical (unpaired) electrons. The Kier molecular flexibility index (Phi) is 19.5. The maximum absolute atomic E-state index is 12.2. The fraction of sp³-hybridized carbons (Fsp3) is 0.412. The monoisotopic (exact) mass is 588 g/mol. The summed E-state index contributed by atoms with van der Waals surface area (Å²) in [6.45, 7) is 2.73. The Balaban J connectivity index is 0. The zero-order valence-corrected chi connectivity index (χ0v) is 30.1. The summed E-state index contributed by atoms with van der Waals surface area (Å²) in [5, 5.41) is 38.8. The van der Waals surface area contributed by atoms with Crippen LogP contribution in [0.2, 0.25) is 0 Å². The van der Waals surface area contributed by atoms with E-state index in [-0.39, 0.29) is 172 Å². The number of phosphoric acid groups is 1. The molecule has 0 fully saturated rings. The van der Waals surface area contributed by atoms with Crippen LogP contribution < -0.4 is 180 Å². The molecule has 176 valence electrons. The van der Waals surface area contributed by atoms with Gasteiger partial charge in [0.25, 0.3) is 5.56 Å². The van der Waals surface area contributed by atoms with Crippen molar-refractivity contribution in [2.24, 2.45) is 0 Å². The minimum absolute atomic E-state index is 0. The van der Waals surface area contributed by atoms with Crippen LogP contribution in [0.4, 0.5) is 0 Å². The summed E-state index contributed by atoms with van der Waals surface area (Å²) in [6.07, 6.45) is -4.68. The molecular weight excluding hydrogens is 568 g/mol. The number of aliphatic hydroxyl groups is 4. The van der Waals surface area contributed by atoms with E-state index in [2.05, 4.69) is 15.0 Å². The second kappa shape index (κ2) is 17.2. The maximum Gasteiger partial charge on any atom is 1.00 e. The normalized spacial score (nSPS) is 13.4. The van der Waals surface area contributed by atoms with Crippen LogP contribution >= 0.6 is 7.82 Å². The smallest absolute Gasteiger partial charge is 0.822 e. The van der Waals surface area contributed by atoms with Crippen molar-refractivity contribution >= 4 is 18.9 Å². The molecule has 3 atom stereocenters. The van der Waals surface area contributed by atoms with E-state index in [1.165, 1.54) is 4.57 Å². The number of fused-ring (bicyclic) bond motifs is 2. The second-order valence-corrected chi connectivity index (χ2v) is 7.84. The molecule has 5 N–H and O–H groups in total. The van der Waals surface area contributed by atoms with Crippen LogP contribution in [0.25, 0.3) is 22.6 Å². The standard InChI is InChI=1S/C17H20N4O6.3K.H3O4P/c1-7-3-9-10(4-8(7)2)21(5-11(23)14(25)12(24)6-22)15-13(18-9)16(26)20-17(27)19-15;;;;1-5(2,3)4/h3-4,11-12,14,22-25H,5-6H2,1-2H3,(H,20,26,27);;;;(H3,1,2,3,4)/q;3*+1;/p-3/t11-,12+,14-;;;;/m1..../s1. The van der Waals surface area contributed by atoms with Crippen LogP contribution in [0, 0.1) is 13.8 Å². The molecule has 18 heteroatoms. The van der Waals surface area contributed by atoms with E-state index in [1.807, 2.05) is 13.8 Å². The number of aromatic nitrogens is 4. The molecule has 2 heterocycles. The Labute approximate surface area is 326 Å². The van der Waals surface area contributed by atoms with Crippen LogP contribution in [-0.4, -0.2) is 64.9 Å². The van der Waals surface area contributed by atoms with E-state index >= 15 is 0 Å². The predicted molar refractivity (Wildman–Crippen MR) is 103 cm³/mol. The first-order valence-corrected chi connectivity index (χ1v) is 10.5. The van der Waals surface area contributed by atoms with Gasteiger partial charge in [0.15, 0.2) is 11.5 Å². The summed E-state index contributed by atoms with van der Waals surface area (Å²) in [6, 6.07) is 3.53. The van der Waals surface area contributed by atoms with Crippen molar-refractivity contribution in [2.75, 3.05) is 6.61 Å². The van der Waals surface area contributed by atoms with Crippen molar-refractivity contribution in [3.05, 3.63) is 44.1 Å². The van der Waals surface area contributed by atoms with Crippen molar-refractivity contribution < 1.29 is 194 Å². The molecule has 0 saturated carbocycles. The molecule has 0 saturated heterocycles. The molecule has 0 aliphatic carbocycles. The summed E-state index contributed by atoms with van der Waals surface area (Å²) in [7, 11) is -5.39. The van der Waals surface area contributed by atoms with Gasteiger partial charge in [-0.3, -0.25) is 9.78 Å². The molecule has 2 aliphatic heterocycles. The van der Waals surface area contributed by atoms with E-state index in [0.717, 1.165) is 11.1 Å². The summed E-state index contributed by atoms with van der Waals surface area (Å²) >= 11 is 0. The fourth-order valence-corrected chi connectivity index (χ4v) is 2.89. The first kappa shape index (κ1) is 39.5. The Morgan fingerprint density at radius 1 is 1.00 bits per heavy atom. The molecule has 14 nitrogen and oxygen atoms in total. The molecule has 0 amide bonds. The molecule has 3 rings (SSSR count). The van der Waals surface area contributed by atoms with Crippen molar-refractivity contribution in [3.8, 4) is 11.5 Å². The first-order valence-electron chi connectivity index (χ1n) is 9.03. The third-order valence-electron chi connectivity index (χ3n) is 4.57. The van der Waals surface area contributed by atoms with Gasteiger partial charge in [-0.15, -0.1) is 0 Å². The average molecular weight is 589 g/mol. The van der Waals surface area contributed by atoms with Gasteiger partial charge in [0.2, 0.25) is 0 Å². The van der Waals surface area contributed by atoms with E-state index in [0.29, 0.717) is 11.0 Å². The van der Waals surface area contributed by atoms with Gasteiger partial charge in [0.1, 0.15) is 18.3 Å². The number of H-pyrrole nitrogens is 1. The van der Waals surface area contributed by atoms with Crippen LogP contribution in [0.5, 0.6) is 0 Å². The number of benzene rings is 1. The third-order valence-corrected chi connectivity index (χ3v) is 4.57. The molecule has 2 aliphatic rings. The molecular formula is C17H20K3N4O10P. The number of rotatable bonds is 5. The van der Waals surface area contributed by atoms with Crippen LogP contribution in [-0.2, 0) is 11.1 Å². The van der Waals surface area contributed by atoms with Crippen molar-refractivity contribution in [2.45, 2.75) is 38.7 Å². The summed E-state index contributed by atoms with van der Waals surface area (Å²) < 4.78 is 9.95. The van der Waals surface area contributed by atoms with Crippen molar-refractivity contribution in [1.82, 2.24) is 19.5 Å². The quantitative estimate of drug-likeness (QED) is 0.106. The van der Waals surface area contributed by atoms with E-state index in [9.17, 15) is 24.9 Å².